The van der Waals surface area contributed by atoms with Crippen LogP contribution >= 0.6 is 11.6 Å². The molecule has 0 saturated carbocycles. The third-order valence-electron chi connectivity index (χ3n) is 3.43. The number of nitrogens with zero attached hydrogens (tertiary/aromatic N) is 2. The Labute approximate surface area is 144 Å². The van der Waals surface area contributed by atoms with Gasteiger partial charge in [-0.3, -0.25) is 0 Å². The van der Waals surface area contributed by atoms with Crippen molar-refractivity contribution in [2.45, 2.75) is 12.3 Å². The van der Waals surface area contributed by atoms with Gasteiger partial charge in [0.25, 0.3) is 0 Å². The van der Waals surface area contributed by atoms with E-state index < -0.39 is 23.8 Å². The molecule has 1 atom stereocenters. The number of carbonyl (C=O) groups is 1. The van der Waals surface area contributed by atoms with E-state index in [2.05, 4.69) is 4.98 Å². The molecule has 0 saturated heterocycles. The maximum absolute atomic E-state index is 13.0. The number of benzene rings is 1. The lowest BCUT2D eigenvalue weighted by molar-refractivity contribution is -0.187. The number of alkyl halides is 3. The molecular formula is C16H10ClF3N2O3. The van der Waals surface area contributed by atoms with Crippen LogP contribution in [0.1, 0.15) is 11.1 Å². The van der Waals surface area contributed by atoms with E-state index in [0.717, 1.165) is 6.08 Å². The highest BCUT2D eigenvalue weighted by Crippen LogP contribution is 2.41. The van der Waals surface area contributed by atoms with E-state index in [9.17, 15) is 18.0 Å². The van der Waals surface area contributed by atoms with Crippen molar-refractivity contribution in [1.82, 2.24) is 9.55 Å². The molecule has 2 aromatic rings. The zero-order valence-electron chi connectivity index (χ0n) is 12.4. The van der Waals surface area contributed by atoms with Gasteiger partial charge in [0, 0.05) is 24.2 Å². The molecule has 1 aromatic heterocycles. The first kappa shape index (κ1) is 17.1. The van der Waals surface area contributed by atoms with E-state index in [0.29, 0.717) is 5.56 Å². The Hall–Kier alpha value is -2.74. The second-order valence-electron chi connectivity index (χ2n) is 5.19. The molecule has 130 valence electrons. The zero-order valence-corrected chi connectivity index (χ0v) is 13.1. The fourth-order valence-electron chi connectivity index (χ4n) is 2.34. The molecule has 3 rings (SSSR count). The van der Waals surface area contributed by atoms with Crippen molar-refractivity contribution in [3.63, 3.8) is 0 Å². The van der Waals surface area contributed by atoms with Gasteiger partial charge in [-0.05, 0) is 29.8 Å². The molecule has 1 aliphatic rings. The number of hydrogen-bond acceptors (Lipinski definition) is 3. The van der Waals surface area contributed by atoms with Crippen LogP contribution in [-0.2, 0) is 4.79 Å². The number of carboxylic acids is 1. The Morgan fingerprint density at radius 3 is 2.76 bits per heavy atom. The van der Waals surface area contributed by atoms with E-state index in [4.69, 9.17) is 21.4 Å². The molecular weight excluding hydrogens is 361 g/mol. The third kappa shape index (κ3) is 3.53. The van der Waals surface area contributed by atoms with Crippen LogP contribution < -0.4 is 4.74 Å². The summed E-state index contributed by atoms with van der Waals surface area (Å²) >= 11 is 6.03. The fourth-order valence-corrected chi connectivity index (χ4v) is 2.62. The number of rotatable bonds is 3. The molecule has 9 heteroatoms. The minimum atomic E-state index is -4.87. The Bertz CT molecular complexity index is 873. The van der Waals surface area contributed by atoms with Gasteiger partial charge in [0.15, 0.2) is 0 Å². The maximum Gasteiger partial charge on any atom is 0.430 e. The predicted molar refractivity (Wildman–Crippen MR) is 85.0 cm³/mol. The lowest BCUT2D eigenvalue weighted by Gasteiger charge is -2.27. The van der Waals surface area contributed by atoms with Crippen LogP contribution in [0.2, 0.25) is 5.02 Å². The quantitative estimate of drug-likeness (QED) is 0.888. The summed E-state index contributed by atoms with van der Waals surface area (Å²) in [5, 5.41) is 9.02. The third-order valence-corrected chi connectivity index (χ3v) is 3.71. The van der Waals surface area contributed by atoms with Gasteiger partial charge in [-0.25, -0.2) is 9.78 Å². The maximum atomic E-state index is 13.0. The van der Waals surface area contributed by atoms with E-state index in [1.807, 2.05) is 0 Å². The van der Waals surface area contributed by atoms with Crippen LogP contribution in [0.3, 0.4) is 0 Å². The smallest absolute Gasteiger partial charge is 0.430 e. The van der Waals surface area contributed by atoms with Crippen molar-refractivity contribution < 1.29 is 27.8 Å². The van der Waals surface area contributed by atoms with Gasteiger partial charge in [-0.15, -0.1) is 0 Å². The second-order valence-corrected chi connectivity index (χ2v) is 5.60. The van der Waals surface area contributed by atoms with Gasteiger partial charge in [0.2, 0.25) is 6.10 Å². The summed E-state index contributed by atoms with van der Waals surface area (Å²) < 4.78 is 45.6. The molecule has 0 amide bonds. The first-order valence-corrected chi connectivity index (χ1v) is 7.31. The van der Waals surface area contributed by atoms with Crippen LogP contribution in [0.4, 0.5) is 13.2 Å². The van der Waals surface area contributed by atoms with Crippen LogP contribution in [0.15, 0.2) is 36.4 Å². The van der Waals surface area contributed by atoms with Gasteiger partial charge in [-0.1, -0.05) is 11.6 Å². The van der Waals surface area contributed by atoms with Crippen LogP contribution in [0.5, 0.6) is 5.75 Å². The minimum absolute atomic E-state index is 0.0438. The SMILES string of the molecule is O=C(O)C1=Cc2cc(/C=C/n3ccnc3)cc(Cl)c2OC1C(F)(F)F. The van der Waals surface area contributed by atoms with Crippen molar-refractivity contribution in [2.75, 3.05) is 0 Å². The van der Waals surface area contributed by atoms with Crippen LogP contribution in [0.25, 0.3) is 18.4 Å². The van der Waals surface area contributed by atoms with E-state index >= 15 is 0 Å². The predicted octanol–water partition coefficient (Wildman–Crippen LogP) is 3.96. The summed E-state index contributed by atoms with van der Waals surface area (Å²) in [7, 11) is 0. The summed E-state index contributed by atoms with van der Waals surface area (Å²) in [6.07, 6.45) is 1.63. The number of halogens is 4. The summed E-state index contributed by atoms with van der Waals surface area (Å²) in [6, 6.07) is 2.92. The average Bonchev–Trinajstić information content (AvgIpc) is 3.04. The number of ether oxygens (including phenoxy) is 1. The topological polar surface area (TPSA) is 64.3 Å². The van der Waals surface area contributed by atoms with Crippen molar-refractivity contribution in [3.05, 3.63) is 52.6 Å². The van der Waals surface area contributed by atoms with Crippen molar-refractivity contribution in [1.29, 1.82) is 0 Å². The van der Waals surface area contributed by atoms with Gasteiger partial charge >= 0.3 is 12.1 Å². The molecule has 0 aliphatic carbocycles. The highest BCUT2D eigenvalue weighted by Gasteiger charge is 2.48. The Balaban J connectivity index is 2.03. The summed E-state index contributed by atoms with van der Waals surface area (Å²) in [6.45, 7) is 0. The second kappa shape index (κ2) is 6.29. The first-order valence-electron chi connectivity index (χ1n) is 6.93. The molecule has 25 heavy (non-hydrogen) atoms. The van der Waals surface area contributed by atoms with Crippen molar-refractivity contribution >= 4 is 35.9 Å². The summed E-state index contributed by atoms with van der Waals surface area (Å²) in [4.78, 5) is 15.0. The standard InChI is InChI=1S/C16H10ClF3N2O3/c17-12-6-9(1-3-22-4-2-21-8-22)5-10-7-11(15(23)24)14(16(18,19)20)25-13(10)12/h1-8,14H,(H,23,24)/b3-1+. The molecule has 1 N–H and O–H groups in total. The monoisotopic (exact) mass is 370 g/mol. The van der Waals surface area contributed by atoms with Crippen LogP contribution in [0, 0.1) is 0 Å². The number of carboxylic acid groups (broad SMARTS) is 1. The van der Waals surface area contributed by atoms with Crippen LogP contribution in [-0.4, -0.2) is 32.9 Å². The van der Waals surface area contributed by atoms with Gasteiger partial charge in [-0.2, -0.15) is 13.2 Å². The number of aromatic nitrogens is 2. The average molecular weight is 371 g/mol. The number of aliphatic carboxylic acids is 1. The Morgan fingerprint density at radius 2 is 2.16 bits per heavy atom. The first-order chi connectivity index (χ1) is 11.8. The molecule has 1 unspecified atom stereocenters. The molecule has 0 spiro atoms. The summed E-state index contributed by atoms with van der Waals surface area (Å²) in [5.41, 5.74) is -0.171. The lowest BCUT2D eigenvalue weighted by Crippen LogP contribution is -2.40. The summed E-state index contributed by atoms with van der Waals surface area (Å²) in [5.74, 6) is -1.91. The number of fused-ring (bicyclic) bond motifs is 1. The molecule has 0 fully saturated rings. The lowest BCUT2D eigenvalue weighted by atomic mass is 9.99. The molecule has 1 aromatic carbocycles. The van der Waals surface area contributed by atoms with Gasteiger partial charge in [0.05, 0.1) is 16.9 Å². The highest BCUT2D eigenvalue weighted by molar-refractivity contribution is 6.32. The number of imidazole rings is 1. The van der Waals surface area contributed by atoms with Crippen molar-refractivity contribution in [2.24, 2.45) is 0 Å². The van der Waals surface area contributed by atoms with E-state index in [1.54, 1.807) is 35.6 Å². The van der Waals surface area contributed by atoms with E-state index in [1.165, 1.54) is 12.1 Å². The van der Waals surface area contributed by atoms with Crippen molar-refractivity contribution in [3.8, 4) is 5.75 Å². The van der Waals surface area contributed by atoms with Gasteiger partial charge in [0.1, 0.15) is 5.75 Å². The molecule has 5 nitrogen and oxygen atoms in total. The van der Waals surface area contributed by atoms with Gasteiger partial charge < -0.3 is 14.4 Å². The number of hydrogen-bond donors (Lipinski definition) is 1. The normalized spacial score (nSPS) is 17.1. The Kier molecular flexibility index (Phi) is 4.30. The Morgan fingerprint density at radius 1 is 1.40 bits per heavy atom. The highest BCUT2D eigenvalue weighted by atomic mass is 35.5. The zero-order chi connectivity index (χ0) is 18.2. The molecule has 0 radical (unpaired) electrons. The largest absolute Gasteiger partial charge is 0.478 e. The molecule has 0 bridgehead atoms. The molecule has 2 heterocycles. The fraction of sp³-hybridized carbons (Fsp3) is 0.125. The minimum Gasteiger partial charge on any atom is -0.478 e. The molecule has 1 aliphatic heterocycles. The van der Waals surface area contributed by atoms with E-state index in [-0.39, 0.29) is 16.3 Å².